The molecule has 198 valence electrons. The fourth-order valence-corrected chi connectivity index (χ4v) is 6.07. The Morgan fingerprint density at radius 1 is 1.11 bits per heavy atom. The Kier molecular flexibility index (Phi) is 10.0. The molecule has 2 heterocycles. The number of carboxylic acids is 1. The lowest BCUT2D eigenvalue weighted by molar-refractivity contribution is -0.149. The molecule has 1 aliphatic carbocycles. The zero-order valence-corrected chi connectivity index (χ0v) is 21.2. The van der Waals surface area contributed by atoms with Gasteiger partial charge in [0.15, 0.2) is 0 Å². The lowest BCUT2D eigenvalue weighted by Crippen LogP contribution is -2.66. The van der Waals surface area contributed by atoms with E-state index in [0.717, 1.165) is 0 Å². The smallest absolute Gasteiger partial charge is 0.326 e. The number of carbonyl (C=O) groups excluding carboxylic acids is 5. The van der Waals surface area contributed by atoms with Crippen LogP contribution >= 0.6 is 21.6 Å². The molecule has 1 saturated carbocycles. The quantitative estimate of drug-likeness (QED) is 0.179. The van der Waals surface area contributed by atoms with Gasteiger partial charge < -0.3 is 31.1 Å². The van der Waals surface area contributed by atoms with Crippen LogP contribution in [0.5, 0.6) is 0 Å². The first-order chi connectivity index (χ1) is 17.2. The summed E-state index contributed by atoms with van der Waals surface area (Å²) in [6, 6.07) is -2.25. The summed E-state index contributed by atoms with van der Waals surface area (Å²) in [4.78, 5) is 75.5. The first-order valence-corrected chi connectivity index (χ1v) is 14.2. The van der Waals surface area contributed by atoms with E-state index >= 15 is 0 Å². The van der Waals surface area contributed by atoms with E-state index in [1.165, 1.54) is 21.6 Å². The Morgan fingerprint density at radius 3 is 2.58 bits per heavy atom. The predicted molar refractivity (Wildman–Crippen MR) is 132 cm³/mol. The Balaban J connectivity index is 1.95. The third-order valence-corrected chi connectivity index (χ3v) is 8.48. The highest BCUT2D eigenvalue weighted by atomic mass is 33.1. The molecule has 0 aromatic heterocycles. The van der Waals surface area contributed by atoms with Crippen LogP contribution in [0.1, 0.15) is 44.9 Å². The minimum Gasteiger partial charge on any atom is -0.481 e. The van der Waals surface area contributed by atoms with Crippen LogP contribution in [0.25, 0.3) is 0 Å². The zero-order chi connectivity index (χ0) is 26.1. The van der Waals surface area contributed by atoms with Crippen molar-refractivity contribution in [3.05, 3.63) is 12.2 Å². The third-order valence-electron chi connectivity index (χ3n) is 6.04. The highest BCUT2D eigenvalue weighted by Crippen LogP contribution is 2.32. The molecule has 3 rings (SSSR count). The van der Waals surface area contributed by atoms with Gasteiger partial charge in [-0.2, -0.15) is 0 Å². The minimum absolute atomic E-state index is 0.188. The maximum absolute atomic E-state index is 13.2. The molecule has 5 N–H and O–H groups in total. The van der Waals surface area contributed by atoms with Crippen LogP contribution in [0.15, 0.2) is 12.2 Å². The van der Waals surface area contributed by atoms with Gasteiger partial charge in [-0.15, -0.1) is 0 Å². The first-order valence-electron chi connectivity index (χ1n) is 11.7. The van der Waals surface area contributed by atoms with Gasteiger partial charge in [0.05, 0.1) is 6.42 Å². The Morgan fingerprint density at radius 2 is 1.89 bits per heavy atom. The van der Waals surface area contributed by atoms with E-state index in [1.807, 2.05) is 0 Å². The number of esters is 1. The number of fused-ring (bicyclic) bond motifs is 7. The van der Waals surface area contributed by atoms with Gasteiger partial charge in [-0.25, -0.2) is 0 Å². The summed E-state index contributed by atoms with van der Waals surface area (Å²) >= 11 is 0. The molecule has 2 aliphatic heterocycles. The lowest BCUT2D eigenvalue weighted by Gasteiger charge is -2.41. The van der Waals surface area contributed by atoms with Gasteiger partial charge in [0.1, 0.15) is 30.3 Å². The van der Waals surface area contributed by atoms with Crippen molar-refractivity contribution in [2.24, 2.45) is 0 Å². The van der Waals surface area contributed by atoms with Crippen LogP contribution in [-0.2, 0) is 33.5 Å². The second-order valence-corrected chi connectivity index (χ2v) is 11.4. The summed E-state index contributed by atoms with van der Waals surface area (Å²) in [5.74, 6) is -3.49. The minimum atomic E-state index is -1.22. The second-order valence-electron chi connectivity index (χ2n) is 8.78. The monoisotopic (exact) mass is 542 g/mol. The molecule has 14 heteroatoms. The molecule has 36 heavy (non-hydrogen) atoms. The molecule has 2 fully saturated rings. The van der Waals surface area contributed by atoms with Gasteiger partial charge >= 0.3 is 11.9 Å². The second kappa shape index (κ2) is 13.0. The van der Waals surface area contributed by atoms with Crippen molar-refractivity contribution in [3.63, 3.8) is 0 Å². The normalized spacial score (nSPS) is 28.9. The summed E-state index contributed by atoms with van der Waals surface area (Å²) in [6.07, 6.45) is 3.59. The molecule has 0 unspecified atom stereocenters. The molecule has 1 saturated heterocycles. The van der Waals surface area contributed by atoms with E-state index < -0.39 is 65.8 Å². The number of carboxylic acid groups (broad SMARTS) is 1. The van der Waals surface area contributed by atoms with Gasteiger partial charge in [-0.05, 0) is 38.2 Å². The molecule has 12 nitrogen and oxygen atoms in total. The summed E-state index contributed by atoms with van der Waals surface area (Å²) in [7, 11) is 2.85. The van der Waals surface area contributed by atoms with E-state index in [9.17, 15) is 28.8 Å². The number of allylic oxidation sites excluding steroid dienone is 1. The van der Waals surface area contributed by atoms with E-state index in [-0.39, 0.29) is 25.0 Å². The Labute approximate surface area is 215 Å². The lowest BCUT2D eigenvalue weighted by atomic mass is 9.75. The van der Waals surface area contributed by atoms with Gasteiger partial charge in [0.2, 0.25) is 23.6 Å². The zero-order valence-electron chi connectivity index (χ0n) is 19.6. The SMILES string of the molecule is O=C(O)CC[C@H]1NC(=O)C[C@H]2/C=C/CCSSC[C@@H](NC1=O)C(=O)NC1(CCC1)C(=O)NCC(=O)O2. The van der Waals surface area contributed by atoms with Gasteiger partial charge in [0, 0.05) is 17.9 Å². The van der Waals surface area contributed by atoms with Gasteiger partial charge in [0.25, 0.3) is 0 Å². The summed E-state index contributed by atoms with van der Waals surface area (Å²) in [5.41, 5.74) is -1.20. The molecule has 0 aromatic carbocycles. The van der Waals surface area contributed by atoms with Crippen LogP contribution in [0, 0.1) is 0 Å². The summed E-state index contributed by atoms with van der Waals surface area (Å²) in [5, 5.41) is 19.5. The van der Waals surface area contributed by atoms with Crippen molar-refractivity contribution in [1.29, 1.82) is 0 Å². The van der Waals surface area contributed by atoms with Gasteiger partial charge in [-0.1, -0.05) is 27.7 Å². The standard InChI is InChI=1S/C22H30N4O8S2/c27-16-10-13-4-1-2-9-35-36-12-15(25-19(31)14(24-16)5-6-17(28)29)20(32)26-22(7-3-8-22)21(33)23-11-18(30)34-13/h1,4,13-15H,2-3,5-12H2,(H,23,33)(H,24,27)(H,25,31)(H,26,32)(H,28,29)/b4-1+/t13-,14-,15-/m1/s1. The fraction of sp³-hybridized carbons (Fsp3) is 0.636. The molecular weight excluding hydrogens is 512 g/mol. The van der Waals surface area contributed by atoms with Crippen molar-refractivity contribution < 1.29 is 38.6 Å². The largest absolute Gasteiger partial charge is 0.481 e. The molecule has 0 aromatic rings. The molecule has 3 atom stereocenters. The number of hydrogen-bond donors (Lipinski definition) is 5. The van der Waals surface area contributed by atoms with E-state index in [1.54, 1.807) is 12.2 Å². The number of rotatable bonds is 3. The van der Waals surface area contributed by atoms with Crippen molar-refractivity contribution in [3.8, 4) is 0 Å². The molecule has 3 aliphatic rings. The maximum Gasteiger partial charge on any atom is 0.326 e. The van der Waals surface area contributed by atoms with Gasteiger partial charge in [-0.3, -0.25) is 28.8 Å². The molecular formula is C22H30N4O8S2. The van der Waals surface area contributed by atoms with Crippen molar-refractivity contribution in [2.45, 2.75) is 68.7 Å². The van der Waals surface area contributed by atoms with Crippen LogP contribution in [0.3, 0.4) is 0 Å². The number of hydrogen-bond acceptors (Lipinski definition) is 9. The number of ether oxygens (including phenoxy) is 1. The highest BCUT2D eigenvalue weighted by molar-refractivity contribution is 8.76. The number of nitrogens with one attached hydrogen (secondary N) is 4. The Bertz CT molecular complexity index is 924. The molecule has 2 bridgehead atoms. The first kappa shape index (κ1) is 27.8. The number of aliphatic carboxylic acids is 1. The summed E-state index contributed by atoms with van der Waals surface area (Å²) in [6.45, 7) is -0.435. The van der Waals surface area contributed by atoms with E-state index in [4.69, 9.17) is 9.84 Å². The maximum atomic E-state index is 13.2. The predicted octanol–water partition coefficient (Wildman–Crippen LogP) is -0.367. The van der Waals surface area contributed by atoms with Crippen molar-refractivity contribution >= 4 is 57.2 Å². The third kappa shape index (κ3) is 7.88. The van der Waals surface area contributed by atoms with Crippen LogP contribution in [0.4, 0.5) is 0 Å². The van der Waals surface area contributed by atoms with Crippen LogP contribution < -0.4 is 21.3 Å². The molecule has 0 radical (unpaired) electrons. The topological polar surface area (TPSA) is 180 Å². The molecule has 1 spiro atoms. The number of carbonyl (C=O) groups is 6. The van der Waals surface area contributed by atoms with Crippen LogP contribution in [0.2, 0.25) is 0 Å². The van der Waals surface area contributed by atoms with Crippen LogP contribution in [-0.4, -0.2) is 82.5 Å². The number of amides is 4. The van der Waals surface area contributed by atoms with E-state index in [2.05, 4.69) is 21.3 Å². The average molecular weight is 543 g/mol. The average Bonchev–Trinajstić information content (AvgIpc) is 2.79. The molecule has 4 amide bonds. The van der Waals surface area contributed by atoms with Crippen molar-refractivity contribution in [1.82, 2.24) is 21.3 Å². The van der Waals surface area contributed by atoms with E-state index in [0.29, 0.717) is 31.4 Å². The highest BCUT2D eigenvalue weighted by Gasteiger charge is 2.46. The summed E-state index contributed by atoms with van der Waals surface area (Å²) < 4.78 is 5.39. The fourth-order valence-electron chi connectivity index (χ4n) is 3.91. The van der Waals surface area contributed by atoms with Crippen molar-refractivity contribution in [2.75, 3.05) is 18.1 Å². The Hall–Kier alpha value is -2.74.